The third-order valence-corrected chi connectivity index (χ3v) is 3.29. The molecule has 0 aliphatic heterocycles. The zero-order valence-corrected chi connectivity index (χ0v) is 9.28. The van der Waals surface area contributed by atoms with E-state index in [1.54, 1.807) is 11.3 Å². The first-order chi connectivity index (χ1) is 6.16. The average molecular weight is 196 g/mol. The molecule has 0 N–H and O–H groups in total. The summed E-state index contributed by atoms with van der Waals surface area (Å²) in [6.45, 7) is 6.14. The summed E-state index contributed by atoms with van der Waals surface area (Å²) in [7, 11) is 0. The number of carbonyl (C=O) groups is 1. The summed E-state index contributed by atoms with van der Waals surface area (Å²) >= 11 is 1.56. The van der Waals surface area contributed by atoms with Crippen molar-refractivity contribution in [3.63, 3.8) is 0 Å². The van der Waals surface area contributed by atoms with Gasteiger partial charge < -0.3 is 0 Å². The molecule has 0 aliphatic rings. The van der Waals surface area contributed by atoms with Crippen LogP contribution in [0.25, 0.3) is 0 Å². The Balaban J connectivity index is 2.73. The van der Waals surface area contributed by atoms with Gasteiger partial charge in [0.15, 0.2) is 5.78 Å². The summed E-state index contributed by atoms with van der Waals surface area (Å²) in [5, 5.41) is 1.99. The zero-order chi connectivity index (χ0) is 9.84. The fraction of sp³-hybridized carbons (Fsp3) is 0.545. The van der Waals surface area contributed by atoms with E-state index in [0.29, 0.717) is 5.78 Å². The first kappa shape index (κ1) is 10.5. The molecule has 0 saturated carbocycles. The van der Waals surface area contributed by atoms with Crippen molar-refractivity contribution in [1.29, 1.82) is 0 Å². The van der Waals surface area contributed by atoms with E-state index in [2.05, 4.69) is 6.92 Å². The summed E-state index contributed by atoms with van der Waals surface area (Å²) in [5.74, 6) is 0.497. The Morgan fingerprint density at radius 2 is 2.31 bits per heavy atom. The number of aryl methyl sites for hydroxylation is 1. The van der Waals surface area contributed by atoms with E-state index >= 15 is 0 Å². The number of hydrogen-bond acceptors (Lipinski definition) is 2. The van der Waals surface area contributed by atoms with Crippen LogP contribution in [0, 0.1) is 12.8 Å². The van der Waals surface area contributed by atoms with Gasteiger partial charge in [-0.15, -0.1) is 11.3 Å². The van der Waals surface area contributed by atoms with E-state index in [0.717, 1.165) is 23.3 Å². The lowest BCUT2D eigenvalue weighted by atomic mass is 9.99. The first-order valence-corrected chi connectivity index (χ1v) is 5.63. The van der Waals surface area contributed by atoms with Crippen molar-refractivity contribution in [2.24, 2.45) is 5.92 Å². The Hall–Kier alpha value is -0.630. The molecule has 0 bridgehead atoms. The van der Waals surface area contributed by atoms with Crippen LogP contribution >= 0.6 is 11.3 Å². The Morgan fingerprint density at radius 3 is 2.77 bits per heavy atom. The Bertz CT molecular complexity index is 288. The van der Waals surface area contributed by atoms with Crippen LogP contribution < -0.4 is 0 Å². The normalized spacial score (nSPS) is 12.8. The molecule has 0 aliphatic carbocycles. The minimum atomic E-state index is 0.183. The van der Waals surface area contributed by atoms with E-state index in [1.807, 2.05) is 25.3 Å². The van der Waals surface area contributed by atoms with Gasteiger partial charge in [-0.3, -0.25) is 4.79 Å². The van der Waals surface area contributed by atoms with Gasteiger partial charge in [-0.25, -0.2) is 0 Å². The van der Waals surface area contributed by atoms with E-state index in [4.69, 9.17) is 0 Å². The number of ketones is 1. The maximum absolute atomic E-state index is 11.8. The Morgan fingerprint density at radius 1 is 1.62 bits per heavy atom. The Labute approximate surface area is 83.8 Å². The number of carbonyl (C=O) groups excluding carboxylic acids is 1. The molecule has 0 saturated heterocycles. The largest absolute Gasteiger partial charge is 0.293 e. The van der Waals surface area contributed by atoms with E-state index in [-0.39, 0.29) is 5.92 Å². The van der Waals surface area contributed by atoms with Crippen LogP contribution in [-0.4, -0.2) is 5.78 Å². The Kier molecular flexibility index (Phi) is 3.67. The highest BCUT2D eigenvalue weighted by molar-refractivity contribution is 7.12. The van der Waals surface area contributed by atoms with Crippen LogP contribution in [0.15, 0.2) is 11.4 Å². The van der Waals surface area contributed by atoms with Gasteiger partial charge in [-0.05, 0) is 30.4 Å². The third-order valence-electron chi connectivity index (χ3n) is 2.26. The molecule has 0 spiro atoms. The van der Waals surface area contributed by atoms with E-state index in [1.165, 1.54) is 0 Å². The maximum Gasteiger partial charge on any atom is 0.175 e. The highest BCUT2D eigenvalue weighted by Gasteiger charge is 2.16. The van der Waals surface area contributed by atoms with Crippen molar-refractivity contribution in [1.82, 2.24) is 0 Å². The second-order valence-corrected chi connectivity index (χ2v) is 4.40. The van der Waals surface area contributed by atoms with Crippen molar-refractivity contribution in [2.75, 3.05) is 0 Å². The van der Waals surface area contributed by atoms with Crippen LogP contribution in [0.5, 0.6) is 0 Å². The van der Waals surface area contributed by atoms with Gasteiger partial charge in [0.05, 0.1) is 4.88 Å². The molecule has 1 nitrogen and oxygen atoms in total. The predicted octanol–water partition coefficient (Wildman–Crippen LogP) is 3.68. The third kappa shape index (κ3) is 2.41. The standard InChI is InChI=1S/C11H16OS/c1-4-5-8(2)10(12)11-9(3)6-7-13-11/h6-8H,4-5H2,1-3H3. The molecule has 2 heteroatoms. The van der Waals surface area contributed by atoms with Crippen molar-refractivity contribution < 1.29 is 4.79 Å². The van der Waals surface area contributed by atoms with Crippen molar-refractivity contribution in [3.8, 4) is 0 Å². The lowest BCUT2D eigenvalue weighted by Gasteiger charge is -2.07. The molecule has 0 radical (unpaired) electrons. The second-order valence-electron chi connectivity index (χ2n) is 3.49. The van der Waals surface area contributed by atoms with E-state index in [9.17, 15) is 4.79 Å². The van der Waals surface area contributed by atoms with Crippen molar-refractivity contribution >= 4 is 17.1 Å². The highest BCUT2D eigenvalue weighted by Crippen LogP contribution is 2.21. The van der Waals surface area contributed by atoms with Gasteiger partial charge in [0.25, 0.3) is 0 Å². The van der Waals surface area contributed by atoms with Gasteiger partial charge in [0.1, 0.15) is 0 Å². The smallest absolute Gasteiger partial charge is 0.175 e. The molecular formula is C11H16OS. The predicted molar refractivity (Wildman–Crippen MR) is 57.5 cm³/mol. The van der Waals surface area contributed by atoms with Crippen LogP contribution in [0.4, 0.5) is 0 Å². The van der Waals surface area contributed by atoms with Gasteiger partial charge in [-0.1, -0.05) is 20.3 Å². The van der Waals surface area contributed by atoms with Gasteiger partial charge in [0.2, 0.25) is 0 Å². The summed E-state index contributed by atoms with van der Waals surface area (Å²) in [5.41, 5.74) is 1.12. The molecular weight excluding hydrogens is 180 g/mol. The number of thiophene rings is 1. The molecule has 72 valence electrons. The maximum atomic E-state index is 11.8. The van der Waals surface area contributed by atoms with E-state index < -0.39 is 0 Å². The molecule has 13 heavy (non-hydrogen) atoms. The summed E-state index contributed by atoms with van der Waals surface area (Å²) < 4.78 is 0. The lowest BCUT2D eigenvalue weighted by molar-refractivity contribution is 0.0927. The van der Waals surface area contributed by atoms with Crippen LogP contribution in [0.3, 0.4) is 0 Å². The van der Waals surface area contributed by atoms with Crippen LogP contribution in [0.1, 0.15) is 41.9 Å². The van der Waals surface area contributed by atoms with Crippen LogP contribution in [0.2, 0.25) is 0 Å². The molecule has 0 amide bonds. The minimum absolute atomic E-state index is 0.183. The quantitative estimate of drug-likeness (QED) is 0.671. The topological polar surface area (TPSA) is 17.1 Å². The molecule has 0 aromatic carbocycles. The number of hydrogen-bond donors (Lipinski definition) is 0. The molecule has 1 aromatic heterocycles. The molecule has 1 atom stereocenters. The molecule has 0 fully saturated rings. The zero-order valence-electron chi connectivity index (χ0n) is 8.46. The monoisotopic (exact) mass is 196 g/mol. The SMILES string of the molecule is CCCC(C)C(=O)c1sccc1C. The fourth-order valence-electron chi connectivity index (χ4n) is 1.41. The van der Waals surface area contributed by atoms with Gasteiger partial charge in [-0.2, -0.15) is 0 Å². The van der Waals surface area contributed by atoms with Gasteiger partial charge >= 0.3 is 0 Å². The molecule has 1 rings (SSSR count). The minimum Gasteiger partial charge on any atom is -0.293 e. The molecule has 1 unspecified atom stereocenters. The number of rotatable bonds is 4. The summed E-state index contributed by atoms with van der Waals surface area (Å²) in [4.78, 5) is 12.8. The average Bonchev–Trinajstić information content (AvgIpc) is 2.50. The summed E-state index contributed by atoms with van der Waals surface area (Å²) in [6, 6.07) is 2.01. The van der Waals surface area contributed by atoms with Crippen molar-refractivity contribution in [2.45, 2.75) is 33.6 Å². The first-order valence-electron chi connectivity index (χ1n) is 4.75. The van der Waals surface area contributed by atoms with Crippen molar-refractivity contribution in [3.05, 3.63) is 21.9 Å². The number of Topliss-reactive ketones (excluding diaryl/α,β-unsaturated/α-hetero) is 1. The lowest BCUT2D eigenvalue weighted by Crippen LogP contribution is -2.10. The second kappa shape index (κ2) is 4.56. The molecule has 1 aromatic rings. The highest BCUT2D eigenvalue weighted by atomic mass is 32.1. The van der Waals surface area contributed by atoms with Crippen LogP contribution in [-0.2, 0) is 0 Å². The fourth-order valence-corrected chi connectivity index (χ4v) is 2.39. The molecule has 1 heterocycles. The van der Waals surface area contributed by atoms with Gasteiger partial charge in [0, 0.05) is 5.92 Å². The summed E-state index contributed by atoms with van der Waals surface area (Å²) in [6.07, 6.45) is 2.08.